The molecule has 0 aromatic heterocycles. The van der Waals surface area contributed by atoms with Crippen LogP contribution >= 0.6 is 23.2 Å². The Bertz CT molecular complexity index is 1110. The maximum atomic E-state index is 13.3. The zero-order valence-electron chi connectivity index (χ0n) is 16.0. The average molecular weight is 463 g/mol. The highest BCUT2D eigenvalue weighted by atomic mass is 35.5. The van der Waals surface area contributed by atoms with Crippen LogP contribution in [0.3, 0.4) is 0 Å². The zero-order valence-corrected chi connectivity index (χ0v) is 18.3. The summed E-state index contributed by atoms with van der Waals surface area (Å²) in [6, 6.07) is 22.5. The topological polar surface area (TPSA) is 66.5 Å². The minimum absolute atomic E-state index is 0.0487. The number of nitrogens with one attached hydrogen (secondary N) is 1. The summed E-state index contributed by atoms with van der Waals surface area (Å²) in [5, 5.41) is 3.01. The average Bonchev–Trinajstić information content (AvgIpc) is 2.74. The van der Waals surface area contributed by atoms with E-state index in [0.29, 0.717) is 12.1 Å². The van der Waals surface area contributed by atoms with Crippen LogP contribution < -0.4 is 5.32 Å². The Hall–Kier alpha value is -2.38. The molecule has 3 aromatic rings. The molecule has 156 valence electrons. The molecule has 3 aromatic carbocycles. The molecule has 0 aliphatic rings. The fourth-order valence-corrected chi connectivity index (χ4v) is 5.01. The van der Waals surface area contributed by atoms with Gasteiger partial charge in [-0.1, -0.05) is 71.7 Å². The molecule has 0 atom stereocenters. The number of halogens is 2. The number of hydrogen-bond acceptors (Lipinski definition) is 3. The number of anilines is 1. The Labute approximate surface area is 186 Å². The van der Waals surface area contributed by atoms with Crippen molar-refractivity contribution in [1.29, 1.82) is 0 Å². The molecule has 0 fully saturated rings. The molecule has 0 unspecified atom stereocenters. The number of hydrogen-bond donors (Lipinski definition) is 1. The summed E-state index contributed by atoms with van der Waals surface area (Å²) >= 11 is 12.1. The SMILES string of the molecule is O=C(CN(CCc1ccccc1)S(=O)(=O)c1cc(Cl)ccc1Cl)Nc1ccccc1. The molecule has 0 saturated carbocycles. The van der Waals surface area contributed by atoms with Gasteiger partial charge in [-0.15, -0.1) is 0 Å². The van der Waals surface area contributed by atoms with E-state index < -0.39 is 15.9 Å². The Morgan fingerprint density at radius 1 is 0.900 bits per heavy atom. The summed E-state index contributed by atoms with van der Waals surface area (Å²) in [6.45, 7) is -0.246. The third kappa shape index (κ3) is 5.83. The zero-order chi connectivity index (χ0) is 21.6. The molecule has 3 rings (SSSR count). The molecule has 8 heteroatoms. The van der Waals surface area contributed by atoms with Crippen molar-refractivity contribution in [3.05, 3.63) is 94.5 Å². The van der Waals surface area contributed by atoms with Crippen LogP contribution in [0.4, 0.5) is 5.69 Å². The first-order valence-electron chi connectivity index (χ1n) is 9.20. The Morgan fingerprint density at radius 3 is 2.20 bits per heavy atom. The summed E-state index contributed by atoms with van der Waals surface area (Å²) in [6.07, 6.45) is 0.441. The van der Waals surface area contributed by atoms with Crippen molar-refractivity contribution in [2.75, 3.05) is 18.4 Å². The Kier molecular flexibility index (Phi) is 7.50. The number of nitrogens with zero attached hydrogens (tertiary/aromatic N) is 1. The minimum atomic E-state index is -4.06. The van der Waals surface area contributed by atoms with Gasteiger partial charge < -0.3 is 5.32 Å². The summed E-state index contributed by atoms with van der Waals surface area (Å²) in [4.78, 5) is 12.5. The van der Waals surface area contributed by atoms with Crippen molar-refractivity contribution in [1.82, 2.24) is 4.31 Å². The summed E-state index contributed by atoms with van der Waals surface area (Å²) in [5.74, 6) is -0.448. The predicted octanol–water partition coefficient (Wildman–Crippen LogP) is 4.87. The highest BCUT2D eigenvalue weighted by Gasteiger charge is 2.29. The second-order valence-electron chi connectivity index (χ2n) is 6.56. The number of amides is 1. The molecule has 0 bridgehead atoms. The fourth-order valence-electron chi connectivity index (χ4n) is 2.88. The highest BCUT2D eigenvalue weighted by molar-refractivity contribution is 7.89. The van der Waals surface area contributed by atoms with Crippen LogP contribution in [-0.2, 0) is 21.2 Å². The van der Waals surface area contributed by atoms with Crippen molar-refractivity contribution >= 4 is 44.8 Å². The first-order chi connectivity index (χ1) is 14.4. The van der Waals surface area contributed by atoms with Gasteiger partial charge in [0.1, 0.15) is 4.90 Å². The van der Waals surface area contributed by atoms with Gasteiger partial charge in [0.25, 0.3) is 0 Å². The quantitative estimate of drug-likeness (QED) is 0.519. The number of rotatable bonds is 8. The van der Waals surface area contributed by atoms with E-state index in [9.17, 15) is 13.2 Å². The summed E-state index contributed by atoms with van der Waals surface area (Å²) in [7, 11) is -4.06. The van der Waals surface area contributed by atoms with Gasteiger partial charge >= 0.3 is 0 Å². The number of benzene rings is 3. The van der Waals surface area contributed by atoms with Crippen molar-refractivity contribution in [2.45, 2.75) is 11.3 Å². The van der Waals surface area contributed by atoms with E-state index in [2.05, 4.69) is 5.32 Å². The van der Waals surface area contributed by atoms with Crippen molar-refractivity contribution in [3.63, 3.8) is 0 Å². The van der Waals surface area contributed by atoms with Gasteiger partial charge in [0.15, 0.2) is 0 Å². The van der Waals surface area contributed by atoms with Gasteiger partial charge in [0, 0.05) is 17.3 Å². The van der Waals surface area contributed by atoms with Gasteiger partial charge in [-0.2, -0.15) is 4.31 Å². The second kappa shape index (κ2) is 10.1. The highest BCUT2D eigenvalue weighted by Crippen LogP contribution is 2.28. The molecule has 0 spiro atoms. The molecule has 0 radical (unpaired) electrons. The van der Waals surface area contributed by atoms with Gasteiger partial charge in [0.2, 0.25) is 15.9 Å². The molecule has 30 heavy (non-hydrogen) atoms. The van der Waals surface area contributed by atoms with E-state index in [1.807, 2.05) is 36.4 Å². The maximum Gasteiger partial charge on any atom is 0.245 e. The maximum absolute atomic E-state index is 13.3. The molecule has 0 aliphatic carbocycles. The molecular formula is C22H20Cl2N2O3S. The van der Waals surface area contributed by atoms with Gasteiger partial charge in [-0.05, 0) is 42.3 Å². The predicted molar refractivity (Wildman–Crippen MR) is 120 cm³/mol. The lowest BCUT2D eigenvalue weighted by molar-refractivity contribution is -0.116. The van der Waals surface area contributed by atoms with E-state index in [0.717, 1.165) is 9.87 Å². The van der Waals surface area contributed by atoms with Crippen LogP contribution in [-0.4, -0.2) is 31.7 Å². The van der Waals surface area contributed by atoms with Crippen molar-refractivity contribution < 1.29 is 13.2 Å². The van der Waals surface area contributed by atoms with E-state index in [-0.39, 0.29) is 28.0 Å². The lowest BCUT2D eigenvalue weighted by atomic mass is 10.1. The largest absolute Gasteiger partial charge is 0.325 e. The van der Waals surface area contributed by atoms with E-state index in [4.69, 9.17) is 23.2 Å². The number of sulfonamides is 1. The minimum Gasteiger partial charge on any atom is -0.325 e. The standard InChI is InChI=1S/C22H20Cl2N2O3S/c23-18-11-12-20(24)21(15-18)30(28,29)26(14-13-17-7-3-1-4-8-17)16-22(27)25-19-9-5-2-6-10-19/h1-12,15H,13-14,16H2,(H,25,27). The van der Waals surface area contributed by atoms with E-state index in [1.165, 1.54) is 18.2 Å². The van der Waals surface area contributed by atoms with Crippen LogP contribution in [0.5, 0.6) is 0 Å². The fraction of sp³-hybridized carbons (Fsp3) is 0.136. The van der Waals surface area contributed by atoms with Crippen LogP contribution in [0.25, 0.3) is 0 Å². The molecule has 0 saturated heterocycles. The van der Waals surface area contributed by atoms with Gasteiger partial charge in [0.05, 0.1) is 11.6 Å². The summed E-state index contributed by atoms with van der Waals surface area (Å²) in [5.41, 5.74) is 1.54. The Morgan fingerprint density at radius 2 is 1.53 bits per heavy atom. The number of carbonyl (C=O) groups excluding carboxylic acids is 1. The number of carbonyl (C=O) groups is 1. The molecule has 1 N–H and O–H groups in total. The van der Waals surface area contributed by atoms with Crippen LogP contribution in [0.15, 0.2) is 83.8 Å². The van der Waals surface area contributed by atoms with Crippen LogP contribution in [0.1, 0.15) is 5.56 Å². The lowest BCUT2D eigenvalue weighted by Gasteiger charge is -2.22. The molecular weight excluding hydrogens is 443 g/mol. The number of para-hydroxylation sites is 1. The molecule has 5 nitrogen and oxygen atoms in total. The first kappa shape index (κ1) is 22.3. The van der Waals surface area contributed by atoms with Gasteiger partial charge in [-0.25, -0.2) is 8.42 Å². The normalized spacial score (nSPS) is 11.4. The molecule has 1 amide bonds. The van der Waals surface area contributed by atoms with E-state index in [1.54, 1.807) is 24.3 Å². The monoisotopic (exact) mass is 462 g/mol. The van der Waals surface area contributed by atoms with Crippen LogP contribution in [0.2, 0.25) is 10.0 Å². The summed E-state index contributed by atoms with van der Waals surface area (Å²) < 4.78 is 27.8. The van der Waals surface area contributed by atoms with Crippen molar-refractivity contribution in [3.8, 4) is 0 Å². The lowest BCUT2D eigenvalue weighted by Crippen LogP contribution is -2.39. The second-order valence-corrected chi connectivity index (χ2v) is 9.31. The van der Waals surface area contributed by atoms with Crippen LogP contribution in [0, 0.1) is 0 Å². The van der Waals surface area contributed by atoms with Crippen molar-refractivity contribution in [2.24, 2.45) is 0 Å². The Balaban J connectivity index is 1.86. The third-order valence-electron chi connectivity index (χ3n) is 4.38. The molecule has 0 aliphatic heterocycles. The smallest absolute Gasteiger partial charge is 0.245 e. The molecule has 0 heterocycles. The third-order valence-corrected chi connectivity index (χ3v) is 6.94. The van der Waals surface area contributed by atoms with Gasteiger partial charge in [-0.3, -0.25) is 4.79 Å². The van der Waals surface area contributed by atoms with E-state index >= 15 is 0 Å². The first-order valence-corrected chi connectivity index (χ1v) is 11.4.